The van der Waals surface area contributed by atoms with E-state index in [9.17, 15) is 4.79 Å². The standard InChI is InChI=1S/C11H21NO2/c1-3-4-8(2)5-9-6-11(9,7-12)10(13)14/h8-9H,3-7,12H2,1-2H3,(H,13,14). The quantitative estimate of drug-likeness (QED) is 0.686. The highest BCUT2D eigenvalue weighted by atomic mass is 16.4. The van der Waals surface area contributed by atoms with Gasteiger partial charge in [-0.25, -0.2) is 0 Å². The fraction of sp³-hybridized carbons (Fsp3) is 0.909. The Morgan fingerprint density at radius 2 is 2.36 bits per heavy atom. The lowest BCUT2D eigenvalue weighted by atomic mass is 9.94. The Balaban J connectivity index is 2.40. The molecule has 3 unspecified atom stereocenters. The summed E-state index contributed by atoms with van der Waals surface area (Å²) < 4.78 is 0. The second kappa shape index (κ2) is 4.30. The monoisotopic (exact) mass is 199 g/mol. The van der Waals surface area contributed by atoms with Crippen molar-refractivity contribution in [1.82, 2.24) is 0 Å². The van der Waals surface area contributed by atoms with Crippen LogP contribution in [0.5, 0.6) is 0 Å². The van der Waals surface area contributed by atoms with E-state index in [1.165, 1.54) is 12.8 Å². The maximum absolute atomic E-state index is 11.0. The molecule has 3 atom stereocenters. The second-order valence-electron chi connectivity index (χ2n) is 4.70. The Morgan fingerprint density at radius 3 is 2.71 bits per heavy atom. The molecule has 1 rings (SSSR count). The molecule has 3 nitrogen and oxygen atoms in total. The third-order valence-corrected chi connectivity index (χ3v) is 3.49. The highest BCUT2D eigenvalue weighted by Gasteiger charge is 2.59. The fourth-order valence-corrected chi connectivity index (χ4v) is 2.39. The molecule has 0 aromatic rings. The van der Waals surface area contributed by atoms with Crippen molar-refractivity contribution in [2.45, 2.75) is 39.5 Å². The van der Waals surface area contributed by atoms with Gasteiger partial charge in [-0.1, -0.05) is 26.7 Å². The molecule has 0 bridgehead atoms. The molecule has 0 spiro atoms. The van der Waals surface area contributed by atoms with E-state index in [4.69, 9.17) is 10.8 Å². The van der Waals surface area contributed by atoms with E-state index in [1.54, 1.807) is 0 Å². The average Bonchev–Trinajstić information content (AvgIpc) is 2.80. The highest BCUT2D eigenvalue weighted by Crippen LogP contribution is 2.55. The predicted molar refractivity (Wildman–Crippen MR) is 55.9 cm³/mol. The summed E-state index contributed by atoms with van der Waals surface area (Å²) in [6.45, 7) is 4.66. The molecule has 0 aromatic heterocycles. The summed E-state index contributed by atoms with van der Waals surface area (Å²) in [6.07, 6.45) is 4.18. The van der Waals surface area contributed by atoms with Gasteiger partial charge in [0.15, 0.2) is 0 Å². The van der Waals surface area contributed by atoms with Gasteiger partial charge in [0, 0.05) is 6.54 Å². The van der Waals surface area contributed by atoms with Gasteiger partial charge in [0.05, 0.1) is 5.41 Å². The minimum Gasteiger partial charge on any atom is -0.481 e. The van der Waals surface area contributed by atoms with Gasteiger partial charge in [-0.05, 0) is 24.7 Å². The lowest BCUT2D eigenvalue weighted by Crippen LogP contribution is -2.27. The predicted octanol–water partition coefficient (Wildman–Crippen LogP) is 1.86. The van der Waals surface area contributed by atoms with Crippen molar-refractivity contribution < 1.29 is 9.90 Å². The van der Waals surface area contributed by atoms with E-state index in [-0.39, 0.29) is 0 Å². The fourth-order valence-electron chi connectivity index (χ4n) is 2.39. The molecule has 1 saturated carbocycles. The number of hydrogen-bond acceptors (Lipinski definition) is 2. The van der Waals surface area contributed by atoms with Gasteiger partial charge in [0.2, 0.25) is 0 Å². The summed E-state index contributed by atoms with van der Waals surface area (Å²) in [5.41, 5.74) is 4.96. The Labute approximate surface area is 85.7 Å². The van der Waals surface area contributed by atoms with Gasteiger partial charge in [-0.2, -0.15) is 0 Å². The Bertz CT molecular complexity index is 217. The molecule has 0 amide bonds. The molecule has 0 heterocycles. The van der Waals surface area contributed by atoms with Crippen LogP contribution in [0.3, 0.4) is 0 Å². The van der Waals surface area contributed by atoms with Crippen molar-refractivity contribution in [3.63, 3.8) is 0 Å². The molecule has 82 valence electrons. The first-order valence-corrected chi connectivity index (χ1v) is 5.50. The molecule has 14 heavy (non-hydrogen) atoms. The van der Waals surface area contributed by atoms with Crippen LogP contribution in [0.25, 0.3) is 0 Å². The Kier molecular flexibility index (Phi) is 3.53. The van der Waals surface area contributed by atoms with Gasteiger partial charge in [0.1, 0.15) is 0 Å². The first kappa shape index (κ1) is 11.5. The topological polar surface area (TPSA) is 63.3 Å². The second-order valence-corrected chi connectivity index (χ2v) is 4.70. The molecule has 1 aliphatic carbocycles. The van der Waals surface area contributed by atoms with E-state index >= 15 is 0 Å². The summed E-state index contributed by atoms with van der Waals surface area (Å²) in [6, 6.07) is 0. The molecule has 0 aromatic carbocycles. The van der Waals surface area contributed by atoms with Crippen LogP contribution in [-0.4, -0.2) is 17.6 Å². The Hall–Kier alpha value is -0.570. The molecule has 1 aliphatic rings. The van der Waals surface area contributed by atoms with Crippen molar-refractivity contribution in [1.29, 1.82) is 0 Å². The summed E-state index contributed by atoms with van der Waals surface area (Å²) in [5, 5.41) is 9.04. The van der Waals surface area contributed by atoms with Crippen LogP contribution < -0.4 is 5.73 Å². The minimum atomic E-state index is -0.700. The lowest BCUT2D eigenvalue weighted by molar-refractivity contribution is -0.143. The van der Waals surface area contributed by atoms with Gasteiger partial charge < -0.3 is 10.8 Å². The number of carboxylic acids is 1. The van der Waals surface area contributed by atoms with Crippen molar-refractivity contribution in [2.24, 2.45) is 23.0 Å². The van der Waals surface area contributed by atoms with E-state index in [0.29, 0.717) is 18.4 Å². The van der Waals surface area contributed by atoms with E-state index in [0.717, 1.165) is 12.8 Å². The largest absolute Gasteiger partial charge is 0.481 e. The average molecular weight is 199 g/mol. The van der Waals surface area contributed by atoms with Crippen LogP contribution in [-0.2, 0) is 4.79 Å². The summed E-state index contributed by atoms with van der Waals surface area (Å²) in [4.78, 5) is 11.0. The molecule has 0 radical (unpaired) electrons. The van der Waals surface area contributed by atoms with Crippen LogP contribution in [0, 0.1) is 17.3 Å². The number of rotatable bonds is 6. The maximum atomic E-state index is 11.0. The number of hydrogen-bond donors (Lipinski definition) is 2. The van der Waals surface area contributed by atoms with Crippen LogP contribution in [0.2, 0.25) is 0 Å². The maximum Gasteiger partial charge on any atom is 0.311 e. The van der Waals surface area contributed by atoms with Gasteiger partial charge in [0.25, 0.3) is 0 Å². The van der Waals surface area contributed by atoms with Crippen molar-refractivity contribution >= 4 is 5.97 Å². The van der Waals surface area contributed by atoms with Crippen molar-refractivity contribution in [2.75, 3.05) is 6.54 Å². The molecular weight excluding hydrogens is 178 g/mol. The van der Waals surface area contributed by atoms with Crippen LogP contribution in [0.4, 0.5) is 0 Å². The van der Waals surface area contributed by atoms with Gasteiger partial charge in [-0.15, -0.1) is 0 Å². The van der Waals surface area contributed by atoms with Gasteiger partial charge >= 0.3 is 5.97 Å². The van der Waals surface area contributed by atoms with Crippen molar-refractivity contribution in [3.8, 4) is 0 Å². The molecule has 0 saturated heterocycles. The first-order chi connectivity index (χ1) is 6.56. The molecule has 3 heteroatoms. The van der Waals surface area contributed by atoms with Crippen molar-refractivity contribution in [3.05, 3.63) is 0 Å². The third kappa shape index (κ3) is 2.08. The summed E-state index contributed by atoms with van der Waals surface area (Å²) in [5.74, 6) is 0.262. The lowest BCUT2D eigenvalue weighted by Gasteiger charge is -2.12. The van der Waals surface area contributed by atoms with E-state index in [2.05, 4.69) is 13.8 Å². The summed E-state index contributed by atoms with van der Waals surface area (Å²) >= 11 is 0. The summed E-state index contributed by atoms with van der Waals surface area (Å²) in [7, 11) is 0. The Morgan fingerprint density at radius 1 is 1.71 bits per heavy atom. The third-order valence-electron chi connectivity index (χ3n) is 3.49. The zero-order chi connectivity index (χ0) is 10.8. The zero-order valence-corrected chi connectivity index (χ0v) is 9.12. The zero-order valence-electron chi connectivity index (χ0n) is 9.12. The SMILES string of the molecule is CCCC(C)CC1CC1(CN)C(=O)O. The first-order valence-electron chi connectivity index (χ1n) is 5.50. The number of carboxylic acid groups (broad SMARTS) is 1. The van der Waals surface area contributed by atoms with Gasteiger partial charge in [-0.3, -0.25) is 4.79 Å². The number of carbonyl (C=O) groups is 1. The van der Waals surface area contributed by atoms with E-state index < -0.39 is 11.4 Å². The van der Waals surface area contributed by atoms with Crippen LogP contribution >= 0.6 is 0 Å². The number of nitrogens with two attached hydrogens (primary N) is 1. The molecule has 1 fully saturated rings. The molecular formula is C11H21NO2. The van der Waals surface area contributed by atoms with Crippen LogP contribution in [0.15, 0.2) is 0 Å². The molecule has 3 N–H and O–H groups in total. The van der Waals surface area contributed by atoms with Crippen LogP contribution in [0.1, 0.15) is 39.5 Å². The molecule has 0 aliphatic heterocycles. The normalized spacial score (nSPS) is 32.6. The minimum absolute atomic E-state index is 0.297. The number of aliphatic carboxylic acids is 1. The van der Waals surface area contributed by atoms with E-state index in [1.807, 2.05) is 0 Å². The smallest absolute Gasteiger partial charge is 0.311 e. The highest BCUT2D eigenvalue weighted by molar-refractivity contribution is 5.78.